The maximum absolute atomic E-state index is 13.7. The first-order valence-corrected chi connectivity index (χ1v) is 7.15. The van der Waals surface area contributed by atoms with Crippen LogP contribution in [0.5, 0.6) is 0 Å². The van der Waals surface area contributed by atoms with Crippen LogP contribution in [-0.4, -0.2) is 15.9 Å². The molecule has 0 saturated heterocycles. The first kappa shape index (κ1) is 14.5. The fraction of sp³-hybridized carbons (Fsp3) is 0.125. The van der Waals surface area contributed by atoms with Crippen molar-refractivity contribution >= 4 is 34.8 Å². The number of fused-ring (bicyclic) bond motifs is 1. The summed E-state index contributed by atoms with van der Waals surface area (Å²) >= 11 is 5.00. The van der Waals surface area contributed by atoms with Crippen molar-refractivity contribution in [3.8, 4) is 0 Å². The number of aromatic amines is 2. The van der Waals surface area contributed by atoms with E-state index in [1.807, 2.05) is 32.0 Å². The number of aryl methyl sites for hydroxylation is 2. The second-order valence-electron chi connectivity index (χ2n) is 5.21. The number of anilines is 1. The van der Waals surface area contributed by atoms with Crippen molar-refractivity contribution in [2.24, 2.45) is 0 Å². The van der Waals surface area contributed by atoms with Crippen LogP contribution in [0.3, 0.4) is 0 Å². The highest BCUT2D eigenvalue weighted by atomic mass is 32.1. The zero-order valence-electron chi connectivity index (χ0n) is 12.1. The Morgan fingerprint density at radius 3 is 2.64 bits per heavy atom. The fourth-order valence-electron chi connectivity index (χ4n) is 2.30. The molecule has 1 heterocycles. The van der Waals surface area contributed by atoms with Gasteiger partial charge in [-0.1, -0.05) is 6.07 Å². The van der Waals surface area contributed by atoms with E-state index in [4.69, 9.17) is 12.2 Å². The predicted octanol–water partition coefficient (Wildman–Crippen LogP) is 4.23. The Bertz CT molecular complexity index is 942. The number of halogens is 1. The lowest BCUT2D eigenvalue weighted by Gasteiger charge is -2.08. The molecule has 3 rings (SSSR count). The Morgan fingerprint density at radius 1 is 1.14 bits per heavy atom. The van der Waals surface area contributed by atoms with E-state index in [0.717, 1.165) is 11.1 Å². The lowest BCUT2D eigenvalue weighted by molar-refractivity contribution is 0.102. The van der Waals surface area contributed by atoms with E-state index in [9.17, 15) is 9.18 Å². The van der Waals surface area contributed by atoms with Gasteiger partial charge in [-0.15, -0.1) is 0 Å². The monoisotopic (exact) mass is 315 g/mol. The summed E-state index contributed by atoms with van der Waals surface area (Å²) in [4.78, 5) is 18.1. The predicted molar refractivity (Wildman–Crippen MR) is 87.3 cm³/mol. The number of rotatable bonds is 2. The van der Waals surface area contributed by atoms with Crippen LogP contribution in [0.1, 0.15) is 21.5 Å². The molecular weight excluding hydrogens is 301 g/mol. The van der Waals surface area contributed by atoms with Crippen molar-refractivity contribution in [1.29, 1.82) is 0 Å². The first-order valence-electron chi connectivity index (χ1n) is 6.74. The molecule has 0 aliphatic carbocycles. The zero-order valence-corrected chi connectivity index (χ0v) is 12.9. The summed E-state index contributed by atoms with van der Waals surface area (Å²) in [6, 6.07) is 8.11. The number of nitrogens with one attached hydrogen (secondary N) is 3. The van der Waals surface area contributed by atoms with Crippen molar-refractivity contribution in [2.45, 2.75) is 13.8 Å². The summed E-state index contributed by atoms with van der Waals surface area (Å²) in [5.74, 6) is -0.888. The van der Waals surface area contributed by atoms with Gasteiger partial charge in [0.1, 0.15) is 5.82 Å². The molecular formula is C16H14FN3OS. The number of amides is 1. The van der Waals surface area contributed by atoms with Crippen LogP contribution in [0.4, 0.5) is 10.1 Å². The standard InChI is InChI=1S/C16H14FN3OS/c1-8-3-4-11(5-9(8)2)18-15(21)12-6-10(17)7-13-14(12)20-16(22)19-13/h3-7H,1-2H3,(H,18,21)(H2,19,20,22). The molecule has 1 aromatic heterocycles. The summed E-state index contributed by atoms with van der Waals surface area (Å²) in [7, 11) is 0. The highest BCUT2D eigenvalue weighted by Crippen LogP contribution is 2.20. The lowest BCUT2D eigenvalue weighted by Crippen LogP contribution is -2.13. The van der Waals surface area contributed by atoms with Gasteiger partial charge in [-0.3, -0.25) is 4.79 Å². The van der Waals surface area contributed by atoms with Crippen LogP contribution in [0.2, 0.25) is 0 Å². The molecule has 0 atom stereocenters. The Morgan fingerprint density at radius 2 is 1.91 bits per heavy atom. The van der Waals surface area contributed by atoms with E-state index in [1.165, 1.54) is 12.1 Å². The maximum atomic E-state index is 13.7. The molecule has 3 N–H and O–H groups in total. The number of benzene rings is 2. The van der Waals surface area contributed by atoms with Crippen LogP contribution in [0, 0.1) is 24.4 Å². The minimum Gasteiger partial charge on any atom is -0.331 e. The molecule has 2 aromatic carbocycles. The molecule has 0 unspecified atom stereocenters. The third-order valence-corrected chi connectivity index (χ3v) is 3.80. The van der Waals surface area contributed by atoms with Crippen molar-refractivity contribution in [3.05, 3.63) is 57.6 Å². The van der Waals surface area contributed by atoms with E-state index < -0.39 is 11.7 Å². The van der Waals surface area contributed by atoms with Crippen molar-refractivity contribution < 1.29 is 9.18 Å². The first-order chi connectivity index (χ1) is 10.4. The molecule has 4 nitrogen and oxygen atoms in total. The molecule has 0 spiro atoms. The SMILES string of the molecule is Cc1ccc(NC(=O)c2cc(F)cc3[nH]c(=S)[nH]c23)cc1C. The van der Waals surface area contributed by atoms with Gasteiger partial charge in [-0.25, -0.2) is 4.39 Å². The fourth-order valence-corrected chi connectivity index (χ4v) is 2.52. The molecule has 0 aliphatic heterocycles. The number of aromatic nitrogens is 2. The second-order valence-corrected chi connectivity index (χ2v) is 5.62. The van der Waals surface area contributed by atoms with Gasteiger partial charge < -0.3 is 15.3 Å². The topological polar surface area (TPSA) is 60.7 Å². The summed E-state index contributed by atoms with van der Waals surface area (Å²) in [6.07, 6.45) is 0. The highest BCUT2D eigenvalue weighted by Gasteiger charge is 2.14. The van der Waals surface area contributed by atoms with Crippen LogP contribution in [-0.2, 0) is 0 Å². The molecule has 0 fully saturated rings. The van der Waals surface area contributed by atoms with E-state index in [0.29, 0.717) is 21.5 Å². The molecule has 0 radical (unpaired) electrons. The smallest absolute Gasteiger partial charge is 0.257 e. The van der Waals surface area contributed by atoms with E-state index >= 15 is 0 Å². The van der Waals surface area contributed by atoms with E-state index in [2.05, 4.69) is 15.3 Å². The highest BCUT2D eigenvalue weighted by molar-refractivity contribution is 7.71. The van der Waals surface area contributed by atoms with Crippen LogP contribution in [0.25, 0.3) is 11.0 Å². The Labute approximate surface area is 131 Å². The summed E-state index contributed by atoms with van der Waals surface area (Å²) in [6.45, 7) is 3.96. The number of H-pyrrole nitrogens is 2. The number of carbonyl (C=O) groups is 1. The normalized spacial score (nSPS) is 10.9. The van der Waals surface area contributed by atoms with Gasteiger partial charge in [0.15, 0.2) is 4.77 Å². The quantitative estimate of drug-likeness (QED) is 0.620. The number of carbonyl (C=O) groups excluding carboxylic acids is 1. The van der Waals surface area contributed by atoms with Gasteiger partial charge in [-0.2, -0.15) is 0 Å². The maximum Gasteiger partial charge on any atom is 0.257 e. The molecule has 3 aromatic rings. The molecule has 0 saturated carbocycles. The molecule has 112 valence electrons. The van der Waals surface area contributed by atoms with Crippen molar-refractivity contribution in [1.82, 2.24) is 9.97 Å². The van der Waals surface area contributed by atoms with Gasteiger partial charge in [-0.05, 0) is 61.5 Å². The number of hydrogen-bond donors (Lipinski definition) is 3. The molecule has 0 aliphatic rings. The Hall–Kier alpha value is -2.47. The van der Waals surface area contributed by atoms with Gasteiger partial charge in [0.25, 0.3) is 5.91 Å². The van der Waals surface area contributed by atoms with Crippen molar-refractivity contribution in [2.75, 3.05) is 5.32 Å². The molecule has 1 amide bonds. The lowest BCUT2D eigenvalue weighted by atomic mass is 10.1. The Kier molecular flexibility index (Phi) is 3.54. The van der Waals surface area contributed by atoms with Gasteiger partial charge in [0.05, 0.1) is 16.6 Å². The van der Waals surface area contributed by atoms with Crippen molar-refractivity contribution in [3.63, 3.8) is 0 Å². The third kappa shape index (κ3) is 2.65. The van der Waals surface area contributed by atoms with Crippen LogP contribution >= 0.6 is 12.2 Å². The third-order valence-electron chi connectivity index (χ3n) is 3.60. The minimum absolute atomic E-state index is 0.209. The molecule has 0 bridgehead atoms. The average molecular weight is 315 g/mol. The average Bonchev–Trinajstić information content (AvgIpc) is 2.82. The van der Waals surface area contributed by atoms with E-state index in [-0.39, 0.29) is 5.56 Å². The second kappa shape index (κ2) is 5.38. The summed E-state index contributed by atoms with van der Waals surface area (Å²) < 4.78 is 14.0. The largest absolute Gasteiger partial charge is 0.331 e. The minimum atomic E-state index is -0.497. The van der Waals surface area contributed by atoms with Gasteiger partial charge in [0, 0.05) is 5.69 Å². The van der Waals surface area contributed by atoms with Gasteiger partial charge in [0.2, 0.25) is 0 Å². The molecule has 6 heteroatoms. The number of imidazole rings is 1. The van der Waals surface area contributed by atoms with Crippen LogP contribution in [0.15, 0.2) is 30.3 Å². The van der Waals surface area contributed by atoms with Crippen LogP contribution < -0.4 is 5.32 Å². The number of hydrogen-bond acceptors (Lipinski definition) is 2. The Balaban J connectivity index is 2.01. The molecule has 22 heavy (non-hydrogen) atoms. The zero-order chi connectivity index (χ0) is 15.9. The van der Waals surface area contributed by atoms with Gasteiger partial charge >= 0.3 is 0 Å². The van der Waals surface area contributed by atoms with E-state index in [1.54, 1.807) is 0 Å². The summed E-state index contributed by atoms with van der Waals surface area (Å²) in [5, 5.41) is 2.78. The summed E-state index contributed by atoms with van der Waals surface area (Å²) in [5.41, 5.74) is 4.05.